The van der Waals surface area contributed by atoms with Gasteiger partial charge in [-0.05, 0) is 13.2 Å². The highest BCUT2D eigenvalue weighted by atomic mass is 16.5. The predicted molar refractivity (Wildman–Crippen MR) is 34.6 cm³/mol. The lowest BCUT2D eigenvalue weighted by Crippen LogP contribution is -2.08. The minimum Gasteiger partial charge on any atom is -0.475 e. The monoisotopic (exact) mass is 158 g/mol. The second-order valence-electron chi connectivity index (χ2n) is 1.56. The van der Waals surface area contributed by atoms with Crippen LogP contribution in [0.5, 0.6) is 0 Å². The van der Waals surface area contributed by atoms with Gasteiger partial charge < -0.3 is 14.9 Å². The van der Waals surface area contributed by atoms with Crippen molar-refractivity contribution in [3.05, 3.63) is 24.7 Å². The summed E-state index contributed by atoms with van der Waals surface area (Å²) in [5, 5.41) is 16.3. The molecule has 60 valence electrons. The minimum atomic E-state index is -1.42. The van der Waals surface area contributed by atoms with E-state index in [1.165, 1.54) is 0 Å². The van der Waals surface area contributed by atoms with Crippen molar-refractivity contribution < 1.29 is 24.5 Å². The van der Waals surface area contributed by atoms with Crippen molar-refractivity contribution in [2.24, 2.45) is 0 Å². The number of rotatable bonds is 4. The third-order valence-electron chi connectivity index (χ3n) is 0.723. The largest absolute Gasteiger partial charge is 0.475 e. The summed E-state index contributed by atoms with van der Waals surface area (Å²) < 4.78 is 4.19. The lowest BCUT2D eigenvalue weighted by Gasteiger charge is -2.01. The summed E-state index contributed by atoms with van der Waals surface area (Å²) in [6.07, 6.45) is 0. The van der Waals surface area contributed by atoms with Crippen molar-refractivity contribution >= 4 is 11.9 Å². The number of aliphatic carboxylic acids is 2. The molecule has 0 aromatic heterocycles. The fourth-order valence-corrected chi connectivity index (χ4v) is 0.236. The molecular formula is C6H6O5. The van der Waals surface area contributed by atoms with Crippen molar-refractivity contribution in [3.8, 4) is 0 Å². The first kappa shape index (κ1) is 9.22. The Morgan fingerprint density at radius 1 is 1.00 bits per heavy atom. The molecule has 0 aromatic carbocycles. The van der Waals surface area contributed by atoms with E-state index in [0.717, 1.165) is 0 Å². The number of carbonyl (C=O) groups is 2. The summed E-state index contributed by atoms with van der Waals surface area (Å²) in [5.74, 6) is -4.19. The Balaban J connectivity index is 4.07. The van der Waals surface area contributed by atoms with Gasteiger partial charge in [-0.2, -0.15) is 0 Å². The summed E-state index contributed by atoms with van der Waals surface area (Å²) >= 11 is 0. The van der Waals surface area contributed by atoms with Crippen molar-refractivity contribution in [3.63, 3.8) is 0 Å². The fourth-order valence-electron chi connectivity index (χ4n) is 0.236. The van der Waals surface area contributed by atoms with E-state index >= 15 is 0 Å². The Bertz CT molecular complexity index is 203. The molecule has 0 spiro atoms. The highest BCUT2D eigenvalue weighted by molar-refractivity contribution is 5.87. The zero-order valence-corrected chi connectivity index (χ0v) is 5.53. The Kier molecular flexibility index (Phi) is 2.85. The van der Waals surface area contributed by atoms with E-state index < -0.39 is 23.5 Å². The molecule has 0 atom stereocenters. The van der Waals surface area contributed by atoms with Crippen LogP contribution in [0.1, 0.15) is 0 Å². The molecule has 11 heavy (non-hydrogen) atoms. The van der Waals surface area contributed by atoms with Gasteiger partial charge in [-0.3, -0.25) is 0 Å². The predicted octanol–water partition coefficient (Wildman–Crippen LogP) is 0.200. The molecule has 0 radical (unpaired) electrons. The quantitative estimate of drug-likeness (QED) is 0.451. The number of carboxylic acid groups (broad SMARTS) is 2. The summed E-state index contributed by atoms with van der Waals surface area (Å²) in [7, 11) is 0. The van der Waals surface area contributed by atoms with Crippen LogP contribution in [0.2, 0.25) is 0 Å². The Labute approximate surface area is 62.2 Å². The molecule has 5 nitrogen and oxygen atoms in total. The highest BCUT2D eigenvalue weighted by Crippen LogP contribution is 2.01. The Hall–Kier alpha value is -1.78. The van der Waals surface area contributed by atoms with E-state index in [9.17, 15) is 9.59 Å². The first-order chi connectivity index (χ1) is 4.95. The average molecular weight is 158 g/mol. The molecule has 0 saturated carbocycles. The van der Waals surface area contributed by atoms with Crippen molar-refractivity contribution in [1.29, 1.82) is 0 Å². The van der Waals surface area contributed by atoms with Gasteiger partial charge in [0.2, 0.25) is 11.5 Å². The van der Waals surface area contributed by atoms with Crippen molar-refractivity contribution in [2.75, 3.05) is 0 Å². The normalized spacial score (nSPS) is 8.36. The second kappa shape index (κ2) is 3.40. The van der Waals surface area contributed by atoms with E-state index in [1.54, 1.807) is 0 Å². The lowest BCUT2D eigenvalue weighted by molar-refractivity contribution is -0.138. The fraction of sp³-hybridized carbons (Fsp3) is 0. The molecule has 0 aliphatic rings. The third-order valence-corrected chi connectivity index (χ3v) is 0.723. The van der Waals surface area contributed by atoms with Crippen LogP contribution in [-0.2, 0) is 14.3 Å². The van der Waals surface area contributed by atoms with Gasteiger partial charge in [0.05, 0.1) is 0 Å². The van der Waals surface area contributed by atoms with Crippen molar-refractivity contribution in [2.45, 2.75) is 0 Å². The van der Waals surface area contributed by atoms with E-state index in [2.05, 4.69) is 17.9 Å². The number of hydrogen-bond acceptors (Lipinski definition) is 3. The Morgan fingerprint density at radius 2 is 1.27 bits per heavy atom. The lowest BCUT2D eigenvalue weighted by atomic mass is 10.5. The molecule has 5 heteroatoms. The average Bonchev–Trinajstić information content (AvgIpc) is 1.87. The standard InChI is InChI=1S/C6H6O5/c1-3(5(7)8)11-4(2)6(9)10/h1-2H2,(H,7,8)(H,9,10). The maximum atomic E-state index is 10.00. The molecule has 0 amide bonds. The van der Waals surface area contributed by atoms with E-state index in [4.69, 9.17) is 10.2 Å². The van der Waals surface area contributed by atoms with Gasteiger partial charge in [-0.1, -0.05) is 0 Å². The molecule has 0 unspecified atom stereocenters. The minimum absolute atomic E-state index is 0.669. The maximum Gasteiger partial charge on any atom is 0.371 e. The smallest absolute Gasteiger partial charge is 0.371 e. The first-order valence-electron chi connectivity index (χ1n) is 2.47. The second-order valence-corrected chi connectivity index (χ2v) is 1.56. The van der Waals surface area contributed by atoms with Gasteiger partial charge in [0.1, 0.15) is 0 Å². The van der Waals surface area contributed by atoms with E-state index in [0.29, 0.717) is 0 Å². The summed E-state index contributed by atoms with van der Waals surface area (Å²) in [5.41, 5.74) is 0. The molecule has 0 heterocycles. The molecular weight excluding hydrogens is 152 g/mol. The topological polar surface area (TPSA) is 83.8 Å². The van der Waals surface area contributed by atoms with Gasteiger partial charge >= 0.3 is 11.9 Å². The molecule has 0 fully saturated rings. The molecule has 0 saturated heterocycles. The molecule has 0 rings (SSSR count). The number of carboxylic acids is 2. The molecule has 2 N–H and O–H groups in total. The van der Waals surface area contributed by atoms with Crippen LogP contribution in [0.4, 0.5) is 0 Å². The van der Waals surface area contributed by atoms with Crippen LogP contribution >= 0.6 is 0 Å². The number of ether oxygens (including phenoxy) is 1. The van der Waals surface area contributed by atoms with Crippen LogP contribution in [0, 0.1) is 0 Å². The summed E-state index contributed by atoms with van der Waals surface area (Å²) in [6, 6.07) is 0. The van der Waals surface area contributed by atoms with Crippen LogP contribution in [-0.4, -0.2) is 22.2 Å². The third kappa shape index (κ3) is 3.04. The van der Waals surface area contributed by atoms with Gasteiger partial charge in [0.15, 0.2) is 0 Å². The first-order valence-corrected chi connectivity index (χ1v) is 2.47. The van der Waals surface area contributed by atoms with E-state index in [-0.39, 0.29) is 0 Å². The highest BCUT2D eigenvalue weighted by Gasteiger charge is 2.11. The van der Waals surface area contributed by atoms with Gasteiger partial charge in [0, 0.05) is 0 Å². The van der Waals surface area contributed by atoms with Crippen LogP contribution in [0.3, 0.4) is 0 Å². The molecule has 0 bridgehead atoms. The Morgan fingerprint density at radius 3 is 1.45 bits per heavy atom. The number of hydrogen-bond donors (Lipinski definition) is 2. The maximum absolute atomic E-state index is 10.00. The van der Waals surface area contributed by atoms with Crippen molar-refractivity contribution in [1.82, 2.24) is 0 Å². The SMILES string of the molecule is C=C(OC(=C)C(=O)O)C(=O)O. The summed E-state index contributed by atoms with van der Waals surface area (Å²) in [4.78, 5) is 20.0. The zero-order chi connectivity index (χ0) is 9.02. The van der Waals surface area contributed by atoms with Gasteiger partial charge in [-0.15, -0.1) is 0 Å². The summed E-state index contributed by atoms with van der Waals surface area (Å²) in [6.45, 7) is 5.86. The van der Waals surface area contributed by atoms with Crippen LogP contribution in [0.25, 0.3) is 0 Å². The van der Waals surface area contributed by atoms with E-state index in [1.807, 2.05) is 0 Å². The van der Waals surface area contributed by atoms with Gasteiger partial charge in [-0.25, -0.2) is 9.59 Å². The zero-order valence-electron chi connectivity index (χ0n) is 5.53. The van der Waals surface area contributed by atoms with Crippen LogP contribution in [0.15, 0.2) is 24.7 Å². The molecule has 0 aromatic rings. The van der Waals surface area contributed by atoms with Crippen LogP contribution < -0.4 is 0 Å². The molecule has 0 aliphatic heterocycles. The van der Waals surface area contributed by atoms with Gasteiger partial charge in [0.25, 0.3) is 0 Å². The molecule has 0 aliphatic carbocycles.